The average Bonchev–Trinajstić information content (AvgIpc) is 2.42. The van der Waals surface area contributed by atoms with Crippen LogP contribution in [0.4, 0.5) is 0 Å². The second kappa shape index (κ2) is 21.4. The van der Waals surface area contributed by atoms with Crippen molar-refractivity contribution < 1.29 is 18.0 Å². The summed E-state index contributed by atoms with van der Waals surface area (Å²) in [5.74, 6) is 0. The molecule has 1 N–H and O–H groups in total. The zero-order valence-corrected chi connectivity index (χ0v) is 16.7. The number of unbranched alkanes of at least 4 members (excludes halogenated alkanes) is 10. The Kier molecular flexibility index (Phi) is 25.3. The SMILES string of the molecule is CCCCCCCCCCCCCNC(=S)S.[S]=[Mo]. The molecule has 0 aromatic rings. The van der Waals surface area contributed by atoms with Crippen LogP contribution >= 0.6 is 34.7 Å². The zero-order chi connectivity index (χ0) is 14.8. The van der Waals surface area contributed by atoms with Crippen LogP contribution in [-0.2, 0) is 18.0 Å². The molecule has 19 heavy (non-hydrogen) atoms. The standard InChI is InChI=1S/C14H29NS2.Mo.S/c1-2-3-4-5-6-7-8-9-10-11-12-13-15-14(16)17;;/h2-13H2,1H3,(H2,15,16,17);;. The van der Waals surface area contributed by atoms with Crippen molar-refractivity contribution in [3.8, 4) is 0 Å². The summed E-state index contributed by atoms with van der Waals surface area (Å²) in [6, 6.07) is 0. The van der Waals surface area contributed by atoms with Gasteiger partial charge in [0.2, 0.25) is 0 Å². The average molecular weight is 404 g/mol. The van der Waals surface area contributed by atoms with Crippen molar-refractivity contribution in [1.29, 1.82) is 0 Å². The number of rotatable bonds is 12. The summed E-state index contributed by atoms with van der Waals surface area (Å²) >= 11 is 10.4. The molecule has 0 atom stereocenters. The molecule has 5 heteroatoms. The summed E-state index contributed by atoms with van der Waals surface area (Å²) in [6.45, 7) is 3.26. The van der Waals surface area contributed by atoms with Crippen LogP contribution in [0.5, 0.6) is 0 Å². The first-order chi connectivity index (χ1) is 9.27. The van der Waals surface area contributed by atoms with Crippen LogP contribution in [0.15, 0.2) is 0 Å². The number of hydrogen-bond acceptors (Lipinski definition) is 2. The van der Waals surface area contributed by atoms with Gasteiger partial charge in [0.25, 0.3) is 0 Å². The Bertz CT molecular complexity index is 192. The molecule has 0 amide bonds. The van der Waals surface area contributed by atoms with Crippen LogP contribution < -0.4 is 5.32 Å². The third-order valence-electron chi connectivity index (χ3n) is 3.06. The topological polar surface area (TPSA) is 12.0 Å². The van der Waals surface area contributed by atoms with E-state index in [9.17, 15) is 0 Å². The molecule has 0 rings (SSSR count). The molecule has 0 aliphatic heterocycles. The summed E-state index contributed by atoms with van der Waals surface area (Å²) in [5, 5.41) is 3.07. The predicted octanol–water partition coefficient (Wildman–Crippen LogP) is 5.75. The third-order valence-corrected chi connectivity index (χ3v) is 3.36. The van der Waals surface area contributed by atoms with Crippen LogP contribution in [0.25, 0.3) is 0 Å². The summed E-state index contributed by atoms with van der Waals surface area (Å²) in [5.41, 5.74) is 0. The minimum absolute atomic E-state index is 0.622. The minimum atomic E-state index is 0.622. The molecule has 0 aliphatic rings. The molecule has 0 spiro atoms. The molecule has 0 fully saturated rings. The fourth-order valence-electron chi connectivity index (χ4n) is 1.98. The van der Waals surface area contributed by atoms with E-state index in [1.54, 1.807) is 0 Å². The van der Waals surface area contributed by atoms with Crippen LogP contribution in [0.3, 0.4) is 0 Å². The number of nitrogens with one attached hydrogen (secondary N) is 1. The van der Waals surface area contributed by atoms with Gasteiger partial charge in [-0.1, -0.05) is 83.3 Å². The van der Waals surface area contributed by atoms with E-state index < -0.39 is 0 Å². The van der Waals surface area contributed by atoms with Crippen LogP contribution in [0, 0.1) is 0 Å². The molecular formula is C14H29MoNS3. The number of hydrogen-bond donors (Lipinski definition) is 2. The zero-order valence-electron chi connectivity index (χ0n) is 12.2. The Hall–Kier alpha value is 1.15. The molecule has 0 saturated carbocycles. The second-order valence-electron chi connectivity index (χ2n) is 4.77. The summed E-state index contributed by atoms with van der Waals surface area (Å²) in [6.07, 6.45) is 15.3. The van der Waals surface area contributed by atoms with Gasteiger partial charge in [-0.05, 0) is 6.42 Å². The Morgan fingerprint density at radius 3 is 1.58 bits per heavy atom. The van der Waals surface area contributed by atoms with Crippen molar-refractivity contribution in [1.82, 2.24) is 5.32 Å². The molecule has 0 aromatic carbocycles. The van der Waals surface area contributed by atoms with E-state index in [0.29, 0.717) is 4.32 Å². The molecule has 0 bridgehead atoms. The predicted molar refractivity (Wildman–Crippen MR) is 93.6 cm³/mol. The first-order valence-corrected chi connectivity index (χ1v) is 11.1. The summed E-state index contributed by atoms with van der Waals surface area (Å²) in [4.78, 5) is 0. The van der Waals surface area contributed by atoms with Crippen molar-refractivity contribution in [3.05, 3.63) is 0 Å². The summed E-state index contributed by atoms with van der Waals surface area (Å²) in [7, 11) is 4.09. The van der Waals surface area contributed by atoms with E-state index in [-0.39, 0.29) is 0 Å². The van der Waals surface area contributed by atoms with Gasteiger partial charge >= 0.3 is 27.8 Å². The normalized spacial score (nSPS) is 9.58. The molecule has 0 aliphatic carbocycles. The van der Waals surface area contributed by atoms with Gasteiger partial charge in [0.05, 0.1) is 0 Å². The van der Waals surface area contributed by atoms with Crippen molar-refractivity contribution in [2.24, 2.45) is 0 Å². The first-order valence-electron chi connectivity index (χ1n) is 7.41. The fourth-order valence-corrected chi connectivity index (χ4v) is 2.20. The number of thiocarbonyl (C=S) groups is 1. The van der Waals surface area contributed by atoms with Gasteiger partial charge in [-0.15, -0.1) is 12.6 Å². The van der Waals surface area contributed by atoms with E-state index >= 15 is 0 Å². The van der Waals surface area contributed by atoms with Crippen LogP contribution in [-0.4, -0.2) is 10.9 Å². The van der Waals surface area contributed by atoms with Crippen molar-refractivity contribution >= 4 is 39.0 Å². The van der Waals surface area contributed by atoms with Gasteiger partial charge in [0, 0.05) is 6.54 Å². The summed E-state index contributed by atoms with van der Waals surface area (Å²) < 4.78 is 0.622. The Morgan fingerprint density at radius 1 is 0.842 bits per heavy atom. The Balaban J connectivity index is 0. The van der Waals surface area contributed by atoms with E-state index in [1.807, 2.05) is 0 Å². The van der Waals surface area contributed by atoms with E-state index in [0.717, 1.165) is 6.54 Å². The molecule has 0 saturated heterocycles. The second-order valence-corrected chi connectivity index (χ2v) is 5.93. The number of thiol groups is 1. The monoisotopic (exact) mass is 405 g/mol. The molecule has 0 heterocycles. The van der Waals surface area contributed by atoms with Crippen molar-refractivity contribution in [3.63, 3.8) is 0 Å². The maximum absolute atomic E-state index is 4.83. The van der Waals surface area contributed by atoms with Crippen molar-refractivity contribution in [2.75, 3.05) is 6.54 Å². The fraction of sp³-hybridized carbons (Fsp3) is 0.929. The quantitative estimate of drug-likeness (QED) is 0.186. The van der Waals surface area contributed by atoms with Gasteiger partial charge in [0.1, 0.15) is 4.32 Å². The maximum atomic E-state index is 4.83. The van der Waals surface area contributed by atoms with Gasteiger partial charge in [0.15, 0.2) is 0 Å². The van der Waals surface area contributed by atoms with Gasteiger partial charge < -0.3 is 5.32 Å². The van der Waals surface area contributed by atoms with Crippen LogP contribution in [0.2, 0.25) is 0 Å². The third kappa shape index (κ3) is 24.5. The van der Waals surface area contributed by atoms with Gasteiger partial charge in [-0.2, -0.15) is 0 Å². The Labute approximate surface area is 145 Å². The molecular weight excluding hydrogens is 374 g/mol. The van der Waals surface area contributed by atoms with Gasteiger partial charge in [-0.25, -0.2) is 0 Å². The molecule has 0 radical (unpaired) electrons. The molecule has 114 valence electrons. The van der Waals surface area contributed by atoms with Crippen LogP contribution in [0.1, 0.15) is 77.6 Å². The van der Waals surface area contributed by atoms with E-state index in [2.05, 4.69) is 34.7 Å². The van der Waals surface area contributed by atoms with Gasteiger partial charge in [-0.3, -0.25) is 0 Å². The molecule has 0 unspecified atom stereocenters. The molecule has 1 nitrogen and oxygen atoms in total. The first kappa shape index (κ1) is 22.4. The Morgan fingerprint density at radius 2 is 1.21 bits per heavy atom. The van der Waals surface area contributed by atoms with E-state index in [4.69, 9.17) is 12.2 Å². The van der Waals surface area contributed by atoms with Crippen molar-refractivity contribution in [2.45, 2.75) is 77.6 Å². The molecule has 0 aromatic heterocycles. The van der Waals surface area contributed by atoms with E-state index in [1.165, 1.54) is 88.6 Å².